The monoisotopic (exact) mass is 233 g/mol. The van der Waals surface area contributed by atoms with Crippen LogP contribution >= 0.6 is 0 Å². The van der Waals surface area contributed by atoms with Gasteiger partial charge in [0, 0.05) is 18.8 Å². The third-order valence-corrected chi connectivity index (χ3v) is 3.65. The van der Waals surface area contributed by atoms with E-state index in [0.29, 0.717) is 6.42 Å². The predicted octanol–water partition coefficient (Wildman–Crippen LogP) is 1.45. The molecule has 3 nitrogen and oxygen atoms in total. The van der Waals surface area contributed by atoms with Gasteiger partial charge in [0.15, 0.2) is 0 Å². The third kappa shape index (κ3) is 2.51. The maximum absolute atomic E-state index is 12.9. The summed E-state index contributed by atoms with van der Waals surface area (Å²) in [6, 6.07) is -0.157. The Bertz CT molecular complexity index is 273. The lowest BCUT2D eigenvalue weighted by Gasteiger charge is -2.35. The Morgan fingerprint density at radius 3 is 2.25 bits per heavy atom. The molecule has 2 saturated carbocycles. The average molecular weight is 233 g/mol. The molecular weight excluding hydrogens is 216 g/mol. The van der Waals surface area contributed by atoms with Gasteiger partial charge in [-0.2, -0.15) is 0 Å². The van der Waals surface area contributed by atoms with Crippen LogP contribution in [0.25, 0.3) is 0 Å². The molecular formula is C11H17F2NO2. The predicted molar refractivity (Wildman–Crippen MR) is 54.1 cm³/mol. The molecule has 0 spiro atoms. The zero-order valence-electron chi connectivity index (χ0n) is 9.09. The fourth-order valence-electron chi connectivity index (χ4n) is 2.25. The molecule has 2 aliphatic rings. The number of alkyl halides is 2. The van der Waals surface area contributed by atoms with Crippen LogP contribution in [-0.2, 0) is 4.79 Å². The highest BCUT2D eigenvalue weighted by molar-refractivity contribution is 5.79. The van der Waals surface area contributed by atoms with Gasteiger partial charge >= 0.3 is 0 Å². The van der Waals surface area contributed by atoms with Crippen LogP contribution in [0.2, 0.25) is 0 Å². The van der Waals surface area contributed by atoms with Crippen molar-refractivity contribution in [2.24, 2.45) is 5.92 Å². The van der Waals surface area contributed by atoms with E-state index in [-0.39, 0.29) is 43.6 Å². The van der Waals surface area contributed by atoms with Crippen molar-refractivity contribution in [2.45, 2.75) is 56.6 Å². The van der Waals surface area contributed by atoms with Crippen molar-refractivity contribution in [1.82, 2.24) is 5.32 Å². The molecule has 1 amide bonds. The summed E-state index contributed by atoms with van der Waals surface area (Å²) in [4.78, 5) is 11.7. The number of halogens is 2. The number of hydrogen-bond donors (Lipinski definition) is 2. The summed E-state index contributed by atoms with van der Waals surface area (Å²) in [5, 5.41) is 12.0. The summed E-state index contributed by atoms with van der Waals surface area (Å²) in [6.45, 7) is 0. The highest BCUT2D eigenvalue weighted by Gasteiger charge is 2.39. The van der Waals surface area contributed by atoms with E-state index in [4.69, 9.17) is 0 Å². The molecule has 0 aromatic carbocycles. The molecule has 16 heavy (non-hydrogen) atoms. The molecule has 0 unspecified atom stereocenters. The van der Waals surface area contributed by atoms with Crippen LogP contribution in [0.3, 0.4) is 0 Å². The first-order valence-electron chi connectivity index (χ1n) is 5.84. The smallest absolute Gasteiger partial charge is 0.248 e. The Kier molecular flexibility index (Phi) is 3.15. The lowest BCUT2D eigenvalue weighted by molar-refractivity contribution is -0.132. The molecule has 0 aromatic heterocycles. The van der Waals surface area contributed by atoms with Crippen LogP contribution < -0.4 is 5.32 Å². The minimum absolute atomic E-state index is 0.157. The van der Waals surface area contributed by atoms with Gasteiger partial charge in [0.1, 0.15) is 0 Å². The van der Waals surface area contributed by atoms with Gasteiger partial charge in [-0.15, -0.1) is 0 Å². The number of amides is 1. The van der Waals surface area contributed by atoms with E-state index < -0.39 is 12.0 Å². The Hall–Kier alpha value is -0.710. The van der Waals surface area contributed by atoms with Gasteiger partial charge < -0.3 is 10.4 Å². The van der Waals surface area contributed by atoms with Gasteiger partial charge in [-0.25, -0.2) is 8.78 Å². The number of aliphatic hydroxyl groups is 1. The van der Waals surface area contributed by atoms with Crippen LogP contribution in [0.15, 0.2) is 0 Å². The molecule has 2 fully saturated rings. The van der Waals surface area contributed by atoms with E-state index in [2.05, 4.69) is 5.32 Å². The third-order valence-electron chi connectivity index (χ3n) is 3.65. The highest BCUT2D eigenvalue weighted by Crippen LogP contribution is 2.36. The summed E-state index contributed by atoms with van der Waals surface area (Å²) in [5.74, 6) is -3.06. The standard InChI is InChI=1S/C11H17F2NO2/c12-11(13)5-3-7(4-6-11)10(16)14-8-1-2-9(8)15/h7-9,15H,1-6H2,(H,14,16)/t8-,9-/m1/s1. The van der Waals surface area contributed by atoms with Crippen molar-refractivity contribution in [3.8, 4) is 0 Å². The second kappa shape index (κ2) is 4.28. The number of hydrogen-bond acceptors (Lipinski definition) is 2. The van der Waals surface area contributed by atoms with E-state index in [1.165, 1.54) is 0 Å². The summed E-state index contributed by atoms with van der Waals surface area (Å²) >= 11 is 0. The van der Waals surface area contributed by atoms with Crippen LogP contribution in [0.5, 0.6) is 0 Å². The number of carbonyl (C=O) groups is 1. The van der Waals surface area contributed by atoms with Crippen molar-refractivity contribution >= 4 is 5.91 Å². The van der Waals surface area contributed by atoms with Gasteiger partial charge in [0.05, 0.1) is 12.1 Å². The Labute approximate surface area is 93.2 Å². The SMILES string of the molecule is O=C(N[C@@H]1CC[C@H]1O)C1CCC(F)(F)CC1. The molecule has 2 N–H and O–H groups in total. The second-order valence-corrected chi connectivity index (χ2v) is 4.89. The van der Waals surface area contributed by atoms with E-state index >= 15 is 0 Å². The fourth-order valence-corrected chi connectivity index (χ4v) is 2.25. The number of nitrogens with one attached hydrogen (secondary N) is 1. The number of carbonyl (C=O) groups excluding carboxylic acids is 1. The van der Waals surface area contributed by atoms with Gasteiger partial charge in [0.2, 0.25) is 11.8 Å². The molecule has 2 atom stereocenters. The maximum Gasteiger partial charge on any atom is 0.248 e. The van der Waals surface area contributed by atoms with Crippen LogP contribution in [-0.4, -0.2) is 29.1 Å². The quantitative estimate of drug-likeness (QED) is 0.758. The summed E-state index contributed by atoms with van der Waals surface area (Å²) in [6.07, 6.45) is 1.16. The van der Waals surface area contributed by atoms with Gasteiger partial charge in [0.25, 0.3) is 0 Å². The minimum Gasteiger partial charge on any atom is -0.391 e. The zero-order chi connectivity index (χ0) is 11.8. The van der Waals surface area contributed by atoms with Crippen molar-refractivity contribution in [3.63, 3.8) is 0 Å². The van der Waals surface area contributed by atoms with Crippen molar-refractivity contribution in [3.05, 3.63) is 0 Å². The van der Waals surface area contributed by atoms with E-state index in [1.807, 2.05) is 0 Å². The lowest BCUT2D eigenvalue weighted by atomic mass is 9.84. The summed E-state index contributed by atoms with van der Waals surface area (Å²) < 4.78 is 25.7. The maximum atomic E-state index is 12.9. The fraction of sp³-hybridized carbons (Fsp3) is 0.909. The minimum atomic E-state index is -2.59. The topological polar surface area (TPSA) is 49.3 Å². The Morgan fingerprint density at radius 2 is 1.81 bits per heavy atom. The normalized spacial score (nSPS) is 34.2. The van der Waals surface area contributed by atoms with Crippen molar-refractivity contribution in [2.75, 3.05) is 0 Å². The Balaban J connectivity index is 1.78. The largest absolute Gasteiger partial charge is 0.391 e. The van der Waals surface area contributed by atoms with Gasteiger partial charge in [-0.3, -0.25) is 4.79 Å². The zero-order valence-corrected chi connectivity index (χ0v) is 9.09. The number of aliphatic hydroxyl groups excluding tert-OH is 1. The van der Waals surface area contributed by atoms with Gasteiger partial charge in [-0.1, -0.05) is 0 Å². The van der Waals surface area contributed by atoms with Gasteiger partial charge in [-0.05, 0) is 25.7 Å². The molecule has 5 heteroatoms. The molecule has 0 saturated heterocycles. The average Bonchev–Trinajstić information content (AvgIpc) is 2.23. The summed E-state index contributed by atoms with van der Waals surface area (Å²) in [7, 11) is 0. The Morgan fingerprint density at radius 1 is 1.19 bits per heavy atom. The molecule has 2 aliphatic carbocycles. The molecule has 92 valence electrons. The highest BCUT2D eigenvalue weighted by atomic mass is 19.3. The molecule has 2 rings (SSSR count). The molecule has 0 bridgehead atoms. The first-order valence-corrected chi connectivity index (χ1v) is 5.84. The van der Waals surface area contributed by atoms with Crippen molar-refractivity contribution in [1.29, 1.82) is 0 Å². The first kappa shape index (κ1) is 11.8. The lowest BCUT2D eigenvalue weighted by Crippen LogP contribution is -2.52. The van der Waals surface area contributed by atoms with Crippen LogP contribution in [0.4, 0.5) is 8.78 Å². The van der Waals surface area contributed by atoms with Crippen LogP contribution in [0, 0.1) is 5.92 Å². The molecule has 0 aliphatic heterocycles. The molecule has 0 heterocycles. The molecule has 0 radical (unpaired) electrons. The van der Waals surface area contributed by atoms with Crippen LogP contribution in [0.1, 0.15) is 38.5 Å². The summed E-state index contributed by atoms with van der Waals surface area (Å²) in [5.41, 5.74) is 0. The van der Waals surface area contributed by atoms with E-state index in [0.717, 1.165) is 6.42 Å². The molecule has 0 aromatic rings. The first-order chi connectivity index (χ1) is 7.48. The van der Waals surface area contributed by atoms with Crippen molar-refractivity contribution < 1.29 is 18.7 Å². The van der Waals surface area contributed by atoms with E-state index in [1.54, 1.807) is 0 Å². The number of rotatable bonds is 2. The second-order valence-electron chi connectivity index (χ2n) is 4.89. The van der Waals surface area contributed by atoms with E-state index in [9.17, 15) is 18.7 Å².